The van der Waals surface area contributed by atoms with Gasteiger partial charge in [-0.15, -0.1) is 0 Å². The summed E-state index contributed by atoms with van der Waals surface area (Å²) in [5.41, 5.74) is 0.682. The predicted molar refractivity (Wildman–Crippen MR) is 81.7 cm³/mol. The van der Waals surface area contributed by atoms with Crippen LogP contribution in [0.1, 0.15) is 19.8 Å². The van der Waals surface area contributed by atoms with Gasteiger partial charge in [-0.2, -0.15) is 0 Å². The van der Waals surface area contributed by atoms with Gasteiger partial charge < -0.3 is 14.9 Å². The second-order valence-corrected chi connectivity index (χ2v) is 5.57. The summed E-state index contributed by atoms with van der Waals surface area (Å²) in [6, 6.07) is 7.17. The largest absolute Gasteiger partial charge is 0.480 e. The second-order valence-electron chi connectivity index (χ2n) is 5.14. The van der Waals surface area contributed by atoms with Crippen LogP contribution in [0.3, 0.4) is 0 Å². The summed E-state index contributed by atoms with van der Waals surface area (Å²) in [6.07, 6.45) is 2.08. The summed E-state index contributed by atoms with van der Waals surface area (Å²) >= 11 is 5.84. The first-order valence-corrected chi connectivity index (χ1v) is 7.40. The van der Waals surface area contributed by atoms with E-state index in [2.05, 4.69) is 0 Å². The Hall–Kier alpha value is -1.75. The van der Waals surface area contributed by atoms with Crippen LogP contribution in [0.5, 0.6) is 0 Å². The number of anilines is 1. The molecule has 1 aromatic rings. The van der Waals surface area contributed by atoms with Gasteiger partial charge in [0.2, 0.25) is 5.91 Å². The molecule has 0 aromatic heterocycles. The van der Waals surface area contributed by atoms with Crippen molar-refractivity contribution in [2.75, 3.05) is 24.5 Å². The summed E-state index contributed by atoms with van der Waals surface area (Å²) in [5.74, 6) is -0.997. The lowest BCUT2D eigenvalue weighted by Crippen LogP contribution is -2.43. The van der Waals surface area contributed by atoms with Gasteiger partial charge in [-0.25, -0.2) is 0 Å². The molecule has 1 amide bonds. The number of rotatable bonds is 7. The van der Waals surface area contributed by atoms with Crippen molar-refractivity contribution in [2.45, 2.75) is 25.8 Å². The SMILES string of the molecule is CCN(C(=O)CN(CC(=O)O)c1ccc(Cl)cc1)C1CC1. The molecular weight excluding hydrogens is 292 g/mol. The molecule has 5 nitrogen and oxygen atoms in total. The van der Waals surface area contributed by atoms with Gasteiger partial charge in [0.15, 0.2) is 0 Å². The average Bonchev–Trinajstić information content (AvgIpc) is 3.24. The van der Waals surface area contributed by atoms with Crippen LogP contribution >= 0.6 is 11.6 Å². The number of halogens is 1. The Morgan fingerprint density at radius 2 is 1.86 bits per heavy atom. The van der Waals surface area contributed by atoms with Crippen molar-refractivity contribution in [2.24, 2.45) is 0 Å². The van der Waals surface area contributed by atoms with Crippen molar-refractivity contribution < 1.29 is 14.7 Å². The Bertz CT molecular complexity index is 514. The lowest BCUT2D eigenvalue weighted by atomic mass is 10.2. The van der Waals surface area contributed by atoms with Crippen LogP contribution in [0.4, 0.5) is 5.69 Å². The predicted octanol–water partition coefficient (Wildman–Crippen LogP) is 2.24. The van der Waals surface area contributed by atoms with E-state index in [9.17, 15) is 9.59 Å². The van der Waals surface area contributed by atoms with Crippen molar-refractivity contribution in [3.05, 3.63) is 29.3 Å². The summed E-state index contributed by atoms with van der Waals surface area (Å²) < 4.78 is 0. The third-order valence-electron chi connectivity index (χ3n) is 3.49. The molecule has 1 aliphatic rings. The van der Waals surface area contributed by atoms with Crippen LogP contribution in [-0.2, 0) is 9.59 Å². The minimum absolute atomic E-state index is 0.0313. The number of carbonyl (C=O) groups is 2. The first kappa shape index (κ1) is 15.6. The highest BCUT2D eigenvalue weighted by atomic mass is 35.5. The fourth-order valence-electron chi connectivity index (χ4n) is 2.33. The first-order chi connectivity index (χ1) is 10.0. The van der Waals surface area contributed by atoms with E-state index in [0.717, 1.165) is 12.8 Å². The molecule has 0 bridgehead atoms. The first-order valence-electron chi connectivity index (χ1n) is 7.03. The van der Waals surface area contributed by atoms with Crippen molar-refractivity contribution in [3.63, 3.8) is 0 Å². The zero-order chi connectivity index (χ0) is 15.4. The van der Waals surface area contributed by atoms with E-state index in [1.54, 1.807) is 29.2 Å². The highest BCUT2D eigenvalue weighted by Crippen LogP contribution is 2.27. The lowest BCUT2D eigenvalue weighted by Gasteiger charge is -2.27. The monoisotopic (exact) mass is 310 g/mol. The summed E-state index contributed by atoms with van der Waals surface area (Å²) in [4.78, 5) is 26.8. The molecule has 6 heteroatoms. The van der Waals surface area contributed by atoms with Gasteiger partial charge >= 0.3 is 5.97 Å². The molecule has 0 saturated heterocycles. The molecular formula is C15H19ClN2O3. The van der Waals surface area contributed by atoms with E-state index in [-0.39, 0.29) is 19.0 Å². The molecule has 1 fully saturated rings. The molecule has 0 radical (unpaired) electrons. The van der Waals surface area contributed by atoms with Crippen molar-refractivity contribution in [1.29, 1.82) is 0 Å². The molecule has 0 aliphatic heterocycles. The molecule has 0 spiro atoms. The van der Waals surface area contributed by atoms with E-state index >= 15 is 0 Å². The molecule has 0 heterocycles. The zero-order valence-electron chi connectivity index (χ0n) is 12.0. The van der Waals surface area contributed by atoms with Crippen LogP contribution in [0.15, 0.2) is 24.3 Å². The number of carboxylic acids is 1. The molecule has 1 aliphatic carbocycles. The van der Waals surface area contributed by atoms with Crippen molar-refractivity contribution in [1.82, 2.24) is 4.90 Å². The number of benzene rings is 1. The third-order valence-corrected chi connectivity index (χ3v) is 3.74. The highest BCUT2D eigenvalue weighted by Gasteiger charge is 2.32. The third kappa shape index (κ3) is 4.36. The van der Waals surface area contributed by atoms with Crippen LogP contribution in [0.25, 0.3) is 0 Å². The normalized spacial score (nSPS) is 13.8. The molecule has 1 aromatic carbocycles. The molecule has 1 N–H and O–H groups in total. The number of aliphatic carboxylic acids is 1. The van der Waals surface area contributed by atoms with E-state index in [1.807, 2.05) is 11.8 Å². The van der Waals surface area contributed by atoms with Gasteiger partial charge in [0.1, 0.15) is 6.54 Å². The maximum Gasteiger partial charge on any atom is 0.323 e. The summed E-state index contributed by atoms with van der Waals surface area (Å²) in [7, 11) is 0. The maximum absolute atomic E-state index is 12.4. The number of nitrogens with zero attached hydrogens (tertiary/aromatic N) is 2. The molecule has 0 atom stereocenters. The lowest BCUT2D eigenvalue weighted by molar-refractivity contribution is -0.135. The van der Waals surface area contributed by atoms with Gasteiger partial charge in [-0.1, -0.05) is 11.6 Å². The summed E-state index contributed by atoms with van der Waals surface area (Å²) in [5, 5.41) is 9.61. The number of carbonyl (C=O) groups excluding carboxylic acids is 1. The van der Waals surface area contributed by atoms with Crippen LogP contribution < -0.4 is 4.90 Å². The van der Waals surface area contributed by atoms with Crippen molar-refractivity contribution >= 4 is 29.2 Å². The van der Waals surface area contributed by atoms with E-state index in [4.69, 9.17) is 16.7 Å². The maximum atomic E-state index is 12.4. The molecule has 1 saturated carbocycles. The Kier molecular flexibility index (Phi) is 5.07. The number of carboxylic acid groups (broad SMARTS) is 1. The van der Waals surface area contributed by atoms with Gasteiger partial charge in [0.05, 0.1) is 6.54 Å². The Labute approximate surface area is 129 Å². The van der Waals surface area contributed by atoms with Crippen LogP contribution in [0, 0.1) is 0 Å². The Morgan fingerprint density at radius 1 is 1.24 bits per heavy atom. The van der Waals surface area contributed by atoms with Gasteiger partial charge in [-0.05, 0) is 44.0 Å². The van der Waals surface area contributed by atoms with E-state index in [0.29, 0.717) is 23.3 Å². The number of hydrogen-bond donors (Lipinski definition) is 1. The molecule has 2 rings (SSSR count). The fraction of sp³-hybridized carbons (Fsp3) is 0.467. The number of likely N-dealkylation sites (N-methyl/N-ethyl adjacent to an activating group) is 1. The zero-order valence-corrected chi connectivity index (χ0v) is 12.7. The Morgan fingerprint density at radius 3 is 2.33 bits per heavy atom. The number of hydrogen-bond acceptors (Lipinski definition) is 3. The molecule has 21 heavy (non-hydrogen) atoms. The van der Waals surface area contributed by atoms with Crippen LogP contribution in [-0.4, -0.2) is 47.6 Å². The topological polar surface area (TPSA) is 60.9 Å². The van der Waals surface area contributed by atoms with Gasteiger partial charge in [0, 0.05) is 23.3 Å². The molecule has 114 valence electrons. The van der Waals surface area contributed by atoms with Crippen LogP contribution in [0.2, 0.25) is 5.02 Å². The smallest absolute Gasteiger partial charge is 0.323 e. The number of amides is 1. The minimum Gasteiger partial charge on any atom is -0.480 e. The minimum atomic E-state index is -0.966. The molecule has 0 unspecified atom stereocenters. The van der Waals surface area contributed by atoms with Gasteiger partial charge in [-0.3, -0.25) is 9.59 Å². The van der Waals surface area contributed by atoms with Gasteiger partial charge in [0.25, 0.3) is 0 Å². The van der Waals surface area contributed by atoms with E-state index in [1.165, 1.54) is 0 Å². The Balaban J connectivity index is 2.10. The van der Waals surface area contributed by atoms with E-state index < -0.39 is 5.97 Å². The highest BCUT2D eigenvalue weighted by molar-refractivity contribution is 6.30. The quantitative estimate of drug-likeness (QED) is 0.839. The average molecular weight is 311 g/mol. The standard InChI is InChI=1S/C15H19ClN2O3/c1-2-18(13-7-8-13)14(19)9-17(10-15(20)21)12-5-3-11(16)4-6-12/h3-6,13H,2,7-10H2,1H3,(H,20,21). The second kappa shape index (κ2) is 6.80. The fourth-order valence-corrected chi connectivity index (χ4v) is 2.46. The summed E-state index contributed by atoms with van der Waals surface area (Å²) in [6.45, 7) is 2.46. The van der Waals surface area contributed by atoms with Crippen molar-refractivity contribution in [3.8, 4) is 0 Å².